The highest BCUT2D eigenvalue weighted by atomic mass is 19.1. The lowest BCUT2D eigenvalue weighted by Crippen LogP contribution is -2.50. The fourth-order valence-corrected chi connectivity index (χ4v) is 3.54. The highest BCUT2D eigenvalue weighted by Crippen LogP contribution is 2.22. The van der Waals surface area contributed by atoms with Crippen molar-refractivity contribution in [2.24, 2.45) is 5.92 Å². The normalized spacial score (nSPS) is 20.6. The number of para-hydroxylation sites is 1. The van der Waals surface area contributed by atoms with Gasteiger partial charge in [-0.05, 0) is 45.0 Å². The molecule has 2 amide bonds. The van der Waals surface area contributed by atoms with Crippen LogP contribution in [0.4, 0.5) is 10.1 Å². The van der Waals surface area contributed by atoms with E-state index < -0.39 is 5.82 Å². The summed E-state index contributed by atoms with van der Waals surface area (Å²) in [6.45, 7) is 5.75. The molecular formula is C19H26FN3O3. The lowest BCUT2D eigenvalue weighted by atomic mass is 9.94. The molecule has 3 rings (SSSR count). The fourth-order valence-electron chi connectivity index (χ4n) is 3.54. The molecule has 7 heteroatoms. The minimum absolute atomic E-state index is 0.0196. The SMILES string of the molecule is C[C@@H](C(=O)Nc1ccccc1F)N1CCC(C(=O)N2CCOCC2)CC1. The first kappa shape index (κ1) is 18.8. The van der Waals surface area contributed by atoms with Crippen LogP contribution in [0.3, 0.4) is 0 Å². The van der Waals surface area contributed by atoms with Crippen LogP contribution in [-0.2, 0) is 14.3 Å². The van der Waals surface area contributed by atoms with E-state index in [0.717, 1.165) is 12.8 Å². The molecule has 142 valence electrons. The Balaban J connectivity index is 1.50. The van der Waals surface area contributed by atoms with Gasteiger partial charge in [0.2, 0.25) is 11.8 Å². The van der Waals surface area contributed by atoms with Gasteiger partial charge in [-0.3, -0.25) is 14.5 Å². The Morgan fingerprint density at radius 2 is 1.81 bits per heavy atom. The van der Waals surface area contributed by atoms with E-state index in [-0.39, 0.29) is 29.5 Å². The maximum absolute atomic E-state index is 13.7. The number of piperidine rings is 1. The first-order chi connectivity index (χ1) is 12.6. The number of carbonyl (C=O) groups is 2. The Morgan fingerprint density at radius 3 is 2.46 bits per heavy atom. The van der Waals surface area contributed by atoms with E-state index in [1.807, 2.05) is 11.8 Å². The van der Waals surface area contributed by atoms with Gasteiger partial charge in [0.15, 0.2) is 0 Å². The molecule has 2 aliphatic heterocycles. The van der Waals surface area contributed by atoms with Crippen LogP contribution in [0.25, 0.3) is 0 Å². The Hall–Kier alpha value is -1.99. The second-order valence-electron chi connectivity index (χ2n) is 6.89. The summed E-state index contributed by atoms with van der Waals surface area (Å²) in [5.74, 6) is -0.446. The summed E-state index contributed by atoms with van der Waals surface area (Å²) in [7, 11) is 0. The number of carbonyl (C=O) groups excluding carboxylic acids is 2. The first-order valence-corrected chi connectivity index (χ1v) is 9.22. The molecule has 1 aromatic carbocycles. The second kappa shape index (κ2) is 8.60. The van der Waals surface area contributed by atoms with Gasteiger partial charge < -0.3 is 15.0 Å². The summed E-state index contributed by atoms with van der Waals surface area (Å²) in [5.41, 5.74) is 0.196. The molecule has 0 aliphatic carbocycles. The number of nitrogens with zero attached hydrogens (tertiary/aromatic N) is 2. The van der Waals surface area contributed by atoms with E-state index in [9.17, 15) is 14.0 Å². The molecule has 26 heavy (non-hydrogen) atoms. The van der Waals surface area contributed by atoms with Crippen molar-refractivity contribution in [1.29, 1.82) is 0 Å². The summed E-state index contributed by atoms with van der Waals surface area (Å²) >= 11 is 0. The lowest BCUT2D eigenvalue weighted by Gasteiger charge is -2.37. The zero-order valence-corrected chi connectivity index (χ0v) is 15.1. The highest BCUT2D eigenvalue weighted by Gasteiger charge is 2.32. The predicted molar refractivity (Wildman–Crippen MR) is 96.2 cm³/mol. The van der Waals surface area contributed by atoms with Crippen molar-refractivity contribution in [3.8, 4) is 0 Å². The molecule has 2 saturated heterocycles. The van der Waals surface area contributed by atoms with Crippen LogP contribution in [0, 0.1) is 11.7 Å². The summed E-state index contributed by atoms with van der Waals surface area (Å²) in [6, 6.07) is 5.78. The Labute approximate surface area is 153 Å². The van der Waals surface area contributed by atoms with Crippen molar-refractivity contribution in [3.05, 3.63) is 30.1 Å². The number of morpholine rings is 1. The number of halogens is 1. The van der Waals surface area contributed by atoms with E-state index in [2.05, 4.69) is 10.2 Å². The van der Waals surface area contributed by atoms with Crippen molar-refractivity contribution in [1.82, 2.24) is 9.80 Å². The van der Waals surface area contributed by atoms with Crippen molar-refractivity contribution in [2.45, 2.75) is 25.8 Å². The summed E-state index contributed by atoms with van der Waals surface area (Å²) in [5, 5.41) is 2.65. The number of nitrogens with one attached hydrogen (secondary N) is 1. The van der Waals surface area contributed by atoms with Crippen molar-refractivity contribution in [2.75, 3.05) is 44.7 Å². The molecule has 1 atom stereocenters. The van der Waals surface area contributed by atoms with Gasteiger partial charge in [0, 0.05) is 19.0 Å². The Bertz CT molecular complexity index is 641. The van der Waals surface area contributed by atoms with Crippen LogP contribution in [0.5, 0.6) is 0 Å². The minimum atomic E-state index is -0.442. The molecule has 0 unspecified atom stereocenters. The standard InChI is InChI=1S/C19H26FN3O3/c1-14(18(24)21-17-5-3-2-4-16(17)20)22-8-6-15(7-9-22)19(25)23-10-12-26-13-11-23/h2-5,14-15H,6-13H2,1H3,(H,21,24)/t14-/m0/s1. The minimum Gasteiger partial charge on any atom is -0.378 e. The number of likely N-dealkylation sites (tertiary alicyclic amines) is 1. The fraction of sp³-hybridized carbons (Fsp3) is 0.579. The average Bonchev–Trinajstić information content (AvgIpc) is 2.69. The number of hydrogen-bond donors (Lipinski definition) is 1. The maximum atomic E-state index is 13.7. The number of rotatable bonds is 4. The second-order valence-corrected chi connectivity index (χ2v) is 6.89. The number of hydrogen-bond acceptors (Lipinski definition) is 4. The van der Waals surface area contributed by atoms with Crippen LogP contribution in [0.1, 0.15) is 19.8 Å². The molecule has 2 heterocycles. The van der Waals surface area contributed by atoms with Gasteiger partial charge in [-0.2, -0.15) is 0 Å². The van der Waals surface area contributed by atoms with Gasteiger partial charge in [-0.25, -0.2) is 4.39 Å². The molecule has 2 aliphatic rings. The van der Waals surface area contributed by atoms with Crippen molar-refractivity contribution < 1.29 is 18.7 Å². The Kier molecular flexibility index (Phi) is 6.21. The topological polar surface area (TPSA) is 61.9 Å². The van der Waals surface area contributed by atoms with Gasteiger partial charge in [0.25, 0.3) is 0 Å². The van der Waals surface area contributed by atoms with E-state index in [1.54, 1.807) is 18.2 Å². The van der Waals surface area contributed by atoms with Crippen LogP contribution < -0.4 is 5.32 Å². The number of benzene rings is 1. The van der Waals surface area contributed by atoms with Crippen molar-refractivity contribution >= 4 is 17.5 Å². The third-order valence-corrected chi connectivity index (χ3v) is 5.26. The van der Waals surface area contributed by atoms with E-state index >= 15 is 0 Å². The summed E-state index contributed by atoms with van der Waals surface area (Å²) < 4.78 is 19.0. The monoisotopic (exact) mass is 363 g/mol. The maximum Gasteiger partial charge on any atom is 0.241 e. The third-order valence-electron chi connectivity index (χ3n) is 5.26. The lowest BCUT2D eigenvalue weighted by molar-refractivity contribution is -0.141. The van der Waals surface area contributed by atoms with Gasteiger partial charge in [0.1, 0.15) is 5.82 Å². The number of ether oxygens (including phenoxy) is 1. The molecule has 0 spiro atoms. The van der Waals surface area contributed by atoms with Crippen molar-refractivity contribution in [3.63, 3.8) is 0 Å². The molecule has 2 fully saturated rings. The smallest absolute Gasteiger partial charge is 0.241 e. The van der Waals surface area contributed by atoms with E-state index in [4.69, 9.17) is 4.74 Å². The molecule has 0 saturated carbocycles. The number of amides is 2. The number of anilines is 1. The van der Waals surface area contributed by atoms with Gasteiger partial charge >= 0.3 is 0 Å². The quantitative estimate of drug-likeness (QED) is 0.885. The van der Waals surface area contributed by atoms with Crippen LogP contribution in [-0.4, -0.2) is 67.0 Å². The average molecular weight is 363 g/mol. The van der Waals surface area contributed by atoms with Gasteiger partial charge in [0.05, 0.1) is 24.9 Å². The van der Waals surface area contributed by atoms with Gasteiger partial charge in [-0.1, -0.05) is 12.1 Å². The van der Waals surface area contributed by atoms with Crippen LogP contribution >= 0.6 is 0 Å². The highest BCUT2D eigenvalue weighted by molar-refractivity contribution is 5.94. The molecule has 1 N–H and O–H groups in total. The van der Waals surface area contributed by atoms with Crippen LogP contribution in [0.15, 0.2) is 24.3 Å². The molecule has 6 nitrogen and oxygen atoms in total. The largest absolute Gasteiger partial charge is 0.378 e. The summed E-state index contributed by atoms with van der Waals surface area (Å²) in [6.07, 6.45) is 1.49. The molecular weight excluding hydrogens is 337 g/mol. The zero-order valence-electron chi connectivity index (χ0n) is 15.1. The third kappa shape index (κ3) is 4.40. The molecule has 0 radical (unpaired) electrons. The summed E-state index contributed by atoms with van der Waals surface area (Å²) in [4.78, 5) is 28.9. The van der Waals surface area contributed by atoms with Crippen LogP contribution in [0.2, 0.25) is 0 Å². The zero-order chi connectivity index (χ0) is 18.5. The molecule has 1 aromatic rings. The molecule has 0 aromatic heterocycles. The Morgan fingerprint density at radius 1 is 1.15 bits per heavy atom. The first-order valence-electron chi connectivity index (χ1n) is 9.22. The van der Waals surface area contributed by atoms with E-state index in [1.165, 1.54) is 6.07 Å². The predicted octanol–water partition coefficient (Wildman–Crippen LogP) is 1.72. The molecule has 0 bridgehead atoms. The van der Waals surface area contributed by atoms with E-state index in [0.29, 0.717) is 39.4 Å². The van der Waals surface area contributed by atoms with Gasteiger partial charge in [-0.15, -0.1) is 0 Å².